The maximum Gasteiger partial charge on any atom is 0.332 e. The average molecular weight is 475 g/mol. The van der Waals surface area contributed by atoms with Crippen molar-refractivity contribution in [1.29, 1.82) is 0 Å². The zero-order chi connectivity index (χ0) is 24.3. The molecule has 3 fully saturated rings. The molecule has 1 amide bonds. The monoisotopic (exact) mass is 474 g/mol. The highest BCUT2D eigenvalue weighted by molar-refractivity contribution is 5.79. The largest absolute Gasteiger partial charge is 0.388 e. The van der Waals surface area contributed by atoms with Gasteiger partial charge in [-0.25, -0.2) is 9.78 Å². The summed E-state index contributed by atoms with van der Waals surface area (Å²) in [5.41, 5.74) is -2.00. The smallest absolute Gasteiger partial charge is 0.332 e. The fourth-order valence-electron chi connectivity index (χ4n) is 6.01. The zero-order valence-electron chi connectivity index (χ0n) is 20.1. The lowest BCUT2D eigenvalue weighted by Crippen LogP contribution is -2.58. The summed E-state index contributed by atoms with van der Waals surface area (Å²) < 4.78 is 10.4. The molecule has 11 nitrogen and oxygen atoms in total. The number of piperidine rings is 2. The van der Waals surface area contributed by atoms with Gasteiger partial charge in [0.15, 0.2) is 11.2 Å². The quantitative estimate of drug-likeness (QED) is 0.602. The number of ether oxygens (including phenoxy) is 1. The van der Waals surface area contributed by atoms with Crippen LogP contribution in [0.4, 0.5) is 0 Å². The number of aromatic nitrogens is 4. The molecule has 3 aliphatic rings. The molecule has 11 heteroatoms. The lowest BCUT2D eigenvalue weighted by Gasteiger charge is -2.51. The maximum atomic E-state index is 12.9. The van der Waals surface area contributed by atoms with E-state index in [1.165, 1.54) is 17.9 Å². The van der Waals surface area contributed by atoms with Crippen LogP contribution in [0.1, 0.15) is 45.1 Å². The molecule has 0 radical (unpaired) electrons. The van der Waals surface area contributed by atoms with Crippen molar-refractivity contribution in [3.8, 4) is 0 Å². The van der Waals surface area contributed by atoms with Crippen LogP contribution in [0.25, 0.3) is 11.2 Å². The van der Waals surface area contributed by atoms with Gasteiger partial charge in [-0.3, -0.25) is 18.7 Å². The van der Waals surface area contributed by atoms with Crippen molar-refractivity contribution in [2.24, 2.45) is 20.0 Å². The van der Waals surface area contributed by atoms with E-state index in [-0.39, 0.29) is 29.6 Å². The van der Waals surface area contributed by atoms with Crippen LogP contribution in [0.2, 0.25) is 0 Å². The third-order valence-electron chi connectivity index (χ3n) is 8.09. The first-order valence-corrected chi connectivity index (χ1v) is 12.1. The van der Waals surface area contributed by atoms with E-state index in [1.54, 1.807) is 18.5 Å². The second kappa shape index (κ2) is 8.31. The molecular formula is C23H34N6O5. The maximum absolute atomic E-state index is 12.9. The Morgan fingerprint density at radius 1 is 1.24 bits per heavy atom. The fraction of sp³-hybridized carbons (Fsp3) is 0.739. The molecule has 3 atom stereocenters. The van der Waals surface area contributed by atoms with Gasteiger partial charge < -0.3 is 24.6 Å². The lowest BCUT2D eigenvalue weighted by molar-refractivity contribution is -0.197. The number of imidazole rings is 1. The van der Waals surface area contributed by atoms with Crippen molar-refractivity contribution >= 4 is 17.1 Å². The summed E-state index contributed by atoms with van der Waals surface area (Å²) in [5, 5.41) is 14.9. The minimum Gasteiger partial charge on any atom is -0.388 e. The second-order valence-corrected chi connectivity index (χ2v) is 10.4. The van der Waals surface area contributed by atoms with Crippen molar-refractivity contribution in [2.45, 2.75) is 56.3 Å². The highest BCUT2D eigenvalue weighted by Gasteiger charge is 2.50. The third kappa shape index (κ3) is 3.70. The Balaban J connectivity index is 1.34. The van der Waals surface area contributed by atoms with E-state index < -0.39 is 28.5 Å². The van der Waals surface area contributed by atoms with Crippen LogP contribution in [0, 0.1) is 5.92 Å². The molecule has 186 valence electrons. The minimum atomic E-state index is -1.16. The molecule has 0 aromatic carbocycles. The molecule has 2 aromatic heterocycles. The second-order valence-electron chi connectivity index (χ2n) is 10.4. The zero-order valence-corrected chi connectivity index (χ0v) is 20.1. The summed E-state index contributed by atoms with van der Waals surface area (Å²) in [6.45, 7) is 4.94. The Labute approximate surface area is 197 Å². The van der Waals surface area contributed by atoms with Gasteiger partial charge in [-0.15, -0.1) is 0 Å². The number of hydrogen-bond donors (Lipinski definition) is 2. The Bertz CT molecular complexity index is 1210. The highest BCUT2D eigenvalue weighted by Crippen LogP contribution is 2.44. The molecule has 3 aliphatic heterocycles. The van der Waals surface area contributed by atoms with Gasteiger partial charge in [0, 0.05) is 40.2 Å². The number of nitrogens with one attached hydrogen (secondary N) is 1. The molecule has 5 heterocycles. The molecule has 0 aliphatic carbocycles. The third-order valence-corrected chi connectivity index (χ3v) is 8.09. The van der Waals surface area contributed by atoms with Crippen LogP contribution in [0.5, 0.6) is 0 Å². The Kier molecular flexibility index (Phi) is 5.69. The van der Waals surface area contributed by atoms with Crippen LogP contribution in [0.3, 0.4) is 0 Å². The number of likely N-dealkylation sites (tertiary alicyclic amines) is 1. The van der Waals surface area contributed by atoms with Crippen molar-refractivity contribution in [3.05, 3.63) is 27.2 Å². The van der Waals surface area contributed by atoms with Gasteiger partial charge in [0.05, 0.1) is 36.1 Å². The molecule has 1 spiro atoms. The molecule has 0 saturated carbocycles. The Morgan fingerprint density at radius 2 is 1.97 bits per heavy atom. The number of nitrogens with zero attached hydrogens (tertiary/aromatic N) is 5. The number of carbonyl (C=O) groups excluding carboxylic acids is 1. The molecule has 5 rings (SSSR count). The molecule has 3 saturated heterocycles. The topological polar surface area (TPSA) is 124 Å². The predicted molar refractivity (Wildman–Crippen MR) is 125 cm³/mol. The van der Waals surface area contributed by atoms with E-state index in [0.717, 1.165) is 30.5 Å². The molecule has 2 aromatic rings. The van der Waals surface area contributed by atoms with Gasteiger partial charge in [-0.1, -0.05) is 0 Å². The van der Waals surface area contributed by atoms with Gasteiger partial charge >= 0.3 is 5.69 Å². The van der Waals surface area contributed by atoms with Crippen LogP contribution in [0.15, 0.2) is 15.9 Å². The first-order chi connectivity index (χ1) is 16.1. The standard InChI is InChI=1S/C23H34N6O5/c1-22(33)13-23(6-9-28(10-7-23)19(30)15-5-4-8-24-11-15)34-12-16(22)29-14-25-18-17(29)20(31)27(3)21(32)26(18)2/h14-16,24,33H,4-13H2,1-3H3/t15-,16-,22-/m1/s1. The molecule has 2 N–H and O–H groups in total. The van der Waals surface area contributed by atoms with Crippen molar-refractivity contribution in [2.75, 3.05) is 32.8 Å². The Morgan fingerprint density at radius 3 is 2.62 bits per heavy atom. The normalized spacial score (nSPS) is 29.6. The van der Waals surface area contributed by atoms with Gasteiger partial charge in [0.2, 0.25) is 5.91 Å². The summed E-state index contributed by atoms with van der Waals surface area (Å²) in [7, 11) is 3.01. The van der Waals surface area contributed by atoms with E-state index in [9.17, 15) is 19.5 Å². The van der Waals surface area contributed by atoms with Crippen LogP contribution >= 0.6 is 0 Å². The molecule has 0 unspecified atom stereocenters. The SMILES string of the molecule is Cn1c(=O)c2c(ncn2[C@@H]2COC3(CCN(C(=O)[C@@H]4CCCNC4)CC3)C[C@@]2(C)O)n(C)c1=O. The summed E-state index contributed by atoms with van der Waals surface area (Å²) in [6.07, 6.45) is 5.20. The number of aryl methyl sites for hydroxylation is 1. The van der Waals surface area contributed by atoms with Crippen molar-refractivity contribution in [3.63, 3.8) is 0 Å². The first-order valence-electron chi connectivity index (χ1n) is 12.1. The van der Waals surface area contributed by atoms with E-state index >= 15 is 0 Å². The molecule has 34 heavy (non-hydrogen) atoms. The van der Waals surface area contributed by atoms with E-state index in [4.69, 9.17) is 4.74 Å². The van der Waals surface area contributed by atoms with Gasteiger partial charge in [-0.2, -0.15) is 0 Å². The van der Waals surface area contributed by atoms with Crippen LogP contribution in [-0.4, -0.2) is 78.6 Å². The number of carbonyl (C=O) groups is 1. The summed E-state index contributed by atoms with van der Waals surface area (Å²) in [4.78, 5) is 44.3. The summed E-state index contributed by atoms with van der Waals surface area (Å²) in [5.74, 6) is 0.268. The van der Waals surface area contributed by atoms with Crippen molar-refractivity contribution in [1.82, 2.24) is 28.9 Å². The number of hydrogen-bond acceptors (Lipinski definition) is 7. The number of rotatable bonds is 2. The van der Waals surface area contributed by atoms with Crippen LogP contribution in [-0.2, 0) is 23.6 Å². The van der Waals surface area contributed by atoms with E-state index in [1.807, 2.05) is 4.90 Å². The van der Waals surface area contributed by atoms with Gasteiger partial charge in [0.25, 0.3) is 5.56 Å². The first kappa shape index (κ1) is 23.3. The molecule has 0 bridgehead atoms. The summed E-state index contributed by atoms with van der Waals surface area (Å²) >= 11 is 0. The predicted octanol–water partition coefficient (Wildman–Crippen LogP) is -0.493. The molecular weight excluding hydrogens is 440 g/mol. The Hall–Kier alpha value is -2.50. The van der Waals surface area contributed by atoms with Gasteiger partial charge in [-0.05, 0) is 39.2 Å². The summed E-state index contributed by atoms with van der Waals surface area (Å²) in [6, 6.07) is -0.527. The van der Waals surface area contributed by atoms with E-state index in [0.29, 0.717) is 32.4 Å². The average Bonchev–Trinajstić information content (AvgIpc) is 3.26. The fourth-order valence-corrected chi connectivity index (χ4v) is 6.01. The number of fused-ring (bicyclic) bond motifs is 1. The number of amides is 1. The van der Waals surface area contributed by atoms with E-state index in [2.05, 4.69) is 10.3 Å². The van der Waals surface area contributed by atoms with Gasteiger partial charge in [0.1, 0.15) is 0 Å². The lowest BCUT2D eigenvalue weighted by atomic mass is 9.75. The van der Waals surface area contributed by atoms with Crippen molar-refractivity contribution < 1.29 is 14.6 Å². The minimum absolute atomic E-state index is 0.0515. The number of aliphatic hydroxyl groups is 1. The van der Waals surface area contributed by atoms with Crippen LogP contribution < -0.4 is 16.6 Å². The highest BCUT2D eigenvalue weighted by atomic mass is 16.5.